The zero-order valence-corrected chi connectivity index (χ0v) is 26.9. The molecule has 43 heavy (non-hydrogen) atoms. The van der Waals surface area contributed by atoms with Crippen molar-refractivity contribution in [3.8, 4) is 0 Å². The molecule has 0 bridgehead atoms. The molecule has 0 saturated heterocycles. The second kappa shape index (κ2) is 14.2. The quantitative estimate of drug-likeness (QED) is 0.276. The number of amides is 2. The second-order valence-electron chi connectivity index (χ2n) is 11.8. The molecule has 230 valence electrons. The monoisotopic (exact) mass is 603 g/mol. The van der Waals surface area contributed by atoms with Gasteiger partial charge in [-0.2, -0.15) is 0 Å². The number of benzene rings is 3. The molecule has 2 amide bonds. The minimum absolute atomic E-state index is 0.0968. The van der Waals surface area contributed by atoms with Gasteiger partial charge < -0.3 is 10.2 Å². The van der Waals surface area contributed by atoms with Gasteiger partial charge in [0.25, 0.3) is 10.0 Å². The normalized spacial score (nSPS) is 14.6. The Morgan fingerprint density at radius 2 is 1.56 bits per heavy atom. The number of anilines is 1. The average Bonchev–Trinajstić information content (AvgIpc) is 2.98. The molecule has 1 aliphatic carbocycles. The SMILES string of the molecule is CC[C@H](C(=O)NC1CCCCC1)N(Cc1cccc(C)c1)C(=O)CN(c1cccc(C)c1C)S(=O)(=O)c1ccc(C)cc1. The lowest BCUT2D eigenvalue weighted by Gasteiger charge is -2.35. The van der Waals surface area contributed by atoms with Crippen molar-refractivity contribution in [2.75, 3.05) is 10.8 Å². The van der Waals surface area contributed by atoms with Crippen LogP contribution in [0.4, 0.5) is 5.69 Å². The van der Waals surface area contributed by atoms with Crippen LogP contribution >= 0.6 is 0 Å². The molecule has 1 aliphatic rings. The van der Waals surface area contributed by atoms with E-state index in [-0.39, 0.29) is 23.4 Å². The first-order valence-corrected chi connectivity index (χ1v) is 16.8. The van der Waals surface area contributed by atoms with Crippen LogP contribution in [0, 0.1) is 27.7 Å². The first-order chi connectivity index (χ1) is 20.5. The van der Waals surface area contributed by atoms with Gasteiger partial charge in [0.1, 0.15) is 12.6 Å². The molecule has 8 heteroatoms. The van der Waals surface area contributed by atoms with Crippen LogP contribution in [0.1, 0.15) is 73.3 Å². The topological polar surface area (TPSA) is 86.8 Å². The highest BCUT2D eigenvalue weighted by Gasteiger charge is 2.35. The first kappa shape index (κ1) is 32.3. The van der Waals surface area contributed by atoms with Gasteiger partial charge in [-0.05, 0) is 81.8 Å². The largest absolute Gasteiger partial charge is 0.352 e. The van der Waals surface area contributed by atoms with E-state index in [1.54, 1.807) is 41.3 Å². The van der Waals surface area contributed by atoms with Crippen LogP contribution in [0.3, 0.4) is 0 Å². The fourth-order valence-electron chi connectivity index (χ4n) is 5.83. The van der Waals surface area contributed by atoms with Gasteiger partial charge in [-0.3, -0.25) is 13.9 Å². The molecule has 1 atom stereocenters. The Hall–Kier alpha value is -3.65. The summed E-state index contributed by atoms with van der Waals surface area (Å²) in [5, 5.41) is 3.20. The fourth-order valence-corrected chi connectivity index (χ4v) is 7.30. The highest BCUT2D eigenvalue weighted by atomic mass is 32.2. The number of rotatable bonds is 11. The van der Waals surface area contributed by atoms with Gasteiger partial charge in [-0.15, -0.1) is 0 Å². The molecule has 1 saturated carbocycles. The van der Waals surface area contributed by atoms with Crippen molar-refractivity contribution in [2.24, 2.45) is 0 Å². The summed E-state index contributed by atoms with van der Waals surface area (Å²) in [6, 6.07) is 19.3. The van der Waals surface area contributed by atoms with Crippen molar-refractivity contribution < 1.29 is 18.0 Å². The molecule has 0 aromatic heterocycles. The van der Waals surface area contributed by atoms with E-state index in [2.05, 4.69) is 5.32 Å². The molecule has 0 radical (unpaired) electrons. The van der Waals surface area contributed by atoms with E-state index >= 15 is 0 Å². The van der Waals surface area contributed by atoms with Crippen molar-refractivity contribution in [3.63, 3.8) is 0 Å². The zero-order chi connectivity index (χ0) is 31.1. The molecule has 1 fully saturated rings. The van der Waals surface area contributed by atoms with Crippen molar-refractivity contribution in [1.29, 1.82) is 0 Å². The van der Waals surface area contributed by atoms with Crippen LogP contribution < -0.4 is 9.62 Å². The van der Waals surface area contributed by atoms with Crippen molar-refractivity contribution in [2.45, 2.75) is 96.7 Å². The standard InChI is InChI=1S/C35H45N3O4S/c1-6-32(35(40)36-30-15-8-7-9-16-30)37(23-29-14-10-12-26(3)22-29)34(39)24-38(33-17-11-13-27(4)28(33)5)43(41,42)31-20-18-25(2)19-21-31/h10-14,17-22,30,32H,6-9,15-16,23-24H2,1-5H3,(H,36,40)/t32-/m1/s1. The molecular formula is C35H45N3O4S. The summed E-state index contributed by atoms with van der Waals surface area (Å²) in [4.78, 5) is 29.8. The maximum Gasteiger partial charge on any atom is 0.264 e. The first-order valence-electron chi connectivity index (χ1n) is 15.3. The maximum absolute atomic E-state index is 14.4. The van der Waals surface area contributed by atoms with Gasteiger partial charge in [0, 0.05) is 12.6 Å². The van der Waals surface area contributed by atoms with Gasteiger partial charge >= 0.3 is 0 Å². The molecule has 7 nitrogen and oxygen atoms in total. The predicted octanol–water partition coefficient (Wildman–Crippen LogP) is 6.37. The molecule has 0 aliphatic heterocycles. The summed E-state index contributed by atoms with van der Waals surface area (Å²) in [7, 11) is -4.11. The second-order valence-corrected chi connectivity index (χ2v) is 13.7. The van der Waals surface area contributed by atoms with Crippen molar-refractivity contribution >= 4 is 27.5 Å². The molecular weight excluding hydrogens is 558 g/mol. The van der Waals surface area contributed by atoms with E-state index < -0.39 is 28.5 Å². The smallest absolute Gasteiger partial charge is 0.264 e. The molecule has 0 heterocycles. The predicted molar refractivity (Wildman–Crippen MR) is 172 cm³/mol. The van der Waals surface area contributed by atoms with E-state index in [0.29, 0.717) is 12.1 Å². The molecule has 3 aromatic rings. The van der Waals surface area contributed by atoms with Crippen LogP contribution in [0.2, 0.25) is 0 Å². The lowest BCUT2D eigenvalue weighted by Crippen LogP contribution is -2.54. The van der Waals surface area contributed by atoms with E-state index in [1.165, 1.54) is 10.7 Å². The minimum Gasteiger partial charge on any atom is -0.352 e. The third-order valence-electron chi connectivity index (χ3n) is 8.51. The summed E-state index contributed by atoms with van der Waals surface area (Å²) < 4.78 is 29.6. The maximum atomic E-state index is 14.4. The zero-order valence-electron chi connectivity index (χ0n) is 26.1. The molecule has 3 aromatic carbocycles. The van der Waals surface area contributed by atoms with E-state index in [4.69, 9.17) is 0 Å². The van der Waals surface area contributed by atoms with Crippen molar-refractivity contribution in [1.82, 2.24) is 10.2 Å². The summed E-state index contributed by atoms with van der Waals surface area (Å²) in [5.41, 5.74) is 5.01. The van der Waals surface area contributed by atoms with Gasteiger partial charge in [-0.1, -0.05) is 85.8 Å². The van der Waals surface area contributed by atoms with Crippen LogP contribution in [0.15, 0.2) is 71.6 Å². The van der Waals surface area contributed by atoms with E-state index in [1.807, 2.05) is 65.0 Å². The number of carbonyl (C=O) groups is 2. The lowest BCUT2D eigenvalue weighted by molar-refractivity contribution is -0.140. The summed E-state index contributed by atoms with van der Waals surface area (Å²) in [6.07, 6.45) is 5.60. The Balaban J connectivity index is 1.74. The van der Waals surface area contributed by atoms with Crippen LogP contribution in [0.25, 0.3) is 0 Å². The number of nitrogens with one attached hydrogen (secondary N) is 1. The Morgan fingerprint density at radius 1 is 0.884 bits per heavy atom. The van der Waals surface area contributed by atoms with Gasteiger partial charge in [-0.25, -0.2) is 8.42 Å². The van der Waals surface area contributed by atoms with Crippen molar-refractivity contribution in [3.05, 3.63) is 94.5 Å². The molecule has 4 rings (SSSR count). The highest BCUT2D eigenvalue weighted by Crippen LogP contribution is 2.29. The molecule has 0 spiro atoms. The lowest BCUT2D eigenvalue weighted by atomic mass is 9.95. The summed E-state index contributed by atoms with van der Waals surface area (Å²) in [5.74, 6) is -0.612. The van der Waals surface area contributed by atoms with E-state index in [9.17, 15) is 18.0 Å². The summed E-state index contributed by atoms with van der Waals surface area (Å²) in [6.45, 7) is 9.33. The van der Waals surface area contributed by atoms with Gasteiger partial charge in [0.2, 0.25) is 11.8 Å². The number of carbonyl (C=O) groups excluding carboxylic acids is 2. The Bertz CT molecular complexity index is 1530. The third-order valence-corrected chi connectivity index (χ3v) is 10.3. The van der Waals surface area contributed by atoms with Gasteiger partial charge in [0.15, 0.2) is 0 Å². The van der Waals surface area contributed by atoms with E-state index in [0.717, 1.165) is 53.5 Å². The third kappa shape index (κ3) is 7.85. The van der Waals surface area contributed by atoms with Crippen LogP contribution in [-0.2, 0) is 26.2 Å². The van der Waals surface area contributed by atoms with Crippen LogP contribution in [0.5, 0.6) is 0 Å². The number of nitrogens with zero attached hydrogens (tertiary/aromatic N) is 2. The minimum atomic E-state index is -4.11. The fraction of sp³-hybridized carbons (Fsp3) is 0.429. The average molecular weight is 604 g/mol. The molecule has 1 N–H and O–H groups in total. The number of hydrogen-bond donors (Lipinski definition) is 1. The number of sulfonamides is 1. The number of hydrogen-bond acceptors (Lipinski definition) is 4. The van der Waals surface area contributed by atoms with Gasteiger partial charge in [0.05, 0.1) is 10.6 Å². The Morgan fingerprint density at radius 3 is 2.21 bits per heavy atom. The van der Waals surface area contributed by atoms with Crippen LogP contribution in [-0.4, -0.2) is 43.8 Å². The molecule has 0 unspecified atom stereocenters. The summed E-state index contributed by atoms with van der Waals surface area (Å²) >= 11 is 0. The highest BCUT2D eigenvalue weighted by molar-refractivity contribution is 7.92. The Kier molecular flexibility index (Phi) is 10.7. The Labute approximate surface area is 257 Å². The number of aryl methyl sites for hydroxylation is 3.